The predicted octanol–water partition coefficient (Wildman–Crippen LogP) is 5.06. The zero-order valence-corrected chi connectivity index (χ0v) is 16.5. The second kappa shape index (κ2) is 7.44. The highest BCUT2D eigenvalue weighted by atomic mass is 16.1. The quantitative estimate of drug-likeness (QED) is 0.465. The molecule has 146 valence electrons. The molecule has 0 unspecified atom stereocenters. The van der Waals surface area contributed by atoms with Gasteiger partial charge in [-0.25, -0.2) is 0 Å². The van der Waals surface area contributed by atoms with Gasteiger partial charge in [-0.3, -0.25) is 4.79 Å². The molecule has 1 amide bonds. The summed E-state index contributed by atoms with van der Waals surface area (Å²) in [5.74, 6) is -0.0508. The van der Waals surface area contributed by atoms with Crippen LogP contribution in [0, 0.1) is 6.92 Å². The molecule has 0 fully saturated rings. The fraction of sp³-hybridized carbons (Fsp3) is 0.0800. The first kappa shape index (κ1) is 18.1. The van der Waals surface area contributed by atoms with Gasteiger partial charge in [0.25, 0.3) is 0 Å². The lowest BCUT2D eigenvalue weighted by molar-refractivity contribution is -0.115. The van der Waals surface area contributed by atoms with Crippen LogP contribution in [0.1, 0.15) is 11.1 Å². The van der Waals surface area contributed by atoms with Crippen LogP contribution in [0.2, 0.25) is 0 Å². The summed E-state index contributed by atoms with van der Waals surface area (Å²) in [6.07, 6.45) is 0.334. The van der Waals surface area contributed by atoms with E-state index < -0.39 is 0 Å². The highest BCUT2D eigenvalue weighted by Crippen LogP contribution is 2.25. The molecule has 0 aliphatic rings. The fourth-order valence-corrected chi connectivity index (χ4v) is 3.67. The van der Waals surface area contributed by atoms with E-state index in [0.717, 1.165) is 44.3 Å². The van der Waals surface area contributed by atoms with Crippen molar-refractivity contribution in [3.63, 3.8) is 0 Å². The third-order valence-electron chi connectivity index (χ3n) is 5.19. The molecule has 1 N–H and O–H groups in total. The van der Waals surface area contributed by atoms with Crippen molar-refractivity contribution in [2.45, 2.75) is 13.3 Å². The Morgan fingerprint density at radius 3 is 2.40 bits per heavy atom. The molecule has 0 aliphatic carbocycles. The van der Waals surface area contributed by atoms with E-state index >= 15 is 0 Å². The molecular weight excluding hydrogens is 372 g/mol. The first-order valence-corrected chi connectivity index (χ1v) is 9.87. The maximum Gasteiger partial charge on any atom is 0.228 e. The maximum atomic E-state index is 12.5. The monoisotopic (exact) mass is 392 g/mol. The summed E-state index contributed by atoms with van der Waals surface area (Å²) in [5.41, 5.74) is 5.15. The van der Waals surface area contributed by atoms with Crippen molar-refractivity contribution in [3.05, 3.63) is 96.1 Å². The summed E-state index contributed by atoms with van der Waals surface area (Å²) in [7, 11) is 0. The van der Waals surface area contributed by atoms with Crippen LogP contribution in [0.4, 0.5) is 5.69 Å². The third-order valence-corrected chi connectivity index (χ3v) is 5.19. The van der Waals surface area contributed by atoms with E-state index in [1.165, 1.54) is 0 Å². The van der Waals surface area contributed by atoms with Crippen molar-refractivity contribution < 1.29 is 4.79 Å². The Labute approximate surface area is 174 Å². The molecule has 5 nitrogen and oxygen atoms in total. The number of benzene rings is 4. The number of carbonyl (C=O) groups is 1. The number of rotatable bonds is 4. The number of carbonyl (C=O) groups excluding carboxylic acids is 1. The van der Waals surface area contributed by atoms with Gasteiger partial charge < -0.3 is 5.32 Å². The minimum Gasteiger partial charge on any atom is -0.325 e. The predicted molar refractivity (Wildman–Crippen MR) is 120 cm³/mol. The summed E-state index contributed by atoms with van der Waals surface area (Å²) in [6.45, 7) is 1.97. The van der Waals surface area contributed by atoms with E-state index in [9.17, 15) is 4.79 Å². The first-order chi connectivity index (χ1) is 14.7. The number of nitrogens with zero attached hydrogens (tertiary/aromatic N) is 3. The number of aryl methyl sites for hydroxylation is 1. The van der Waals surface area contributed by atoms with E-state index in [2.05, 4.69) is 33.7 Å². The van der Waals surface area contributed by atoms with Crippen LogP contribution in [0.5, 0.6) is 0 Å². The van der Waals surface area contributed by atoms with Crippen molar-refractivity contribution in [1.82, 2.24) is 15.0 Å². The van der Waals surface area contributed by atoms with Crippen molar-refractivity contribution in [2.75, 3.05) is 5.32 Å². The lowest BCUT2D eigenvalue weighted by Crippen LogP contribution is -2.15. The number of hydrogen-bond donors (Lipinski definition) is 1. The molecule has 0 aliphatic heterocycles. The summed E-state index contributed by atoms with van der Waals surface area (Å²) >= 11 is 0. The molecule has 4 aromatic carbocycles. The molecule has 0 radical (unpaired) electrons. The van der Waals surface area contributed by atoms with Gasteiger partial charge in [-0.1, -0.05) is 66.7 Å². The number of hydrogen-bond acceptors (Lipinski definition) is 3. The van der Waals surface area contributed by atoms with Gasteiger partial charge in [0.05, 0.1) is 12.1 Å². The van der Waals surface area contributed by atoms with Crippen molar-refractivity contribution in [3.8, 4) is 5.69 Å². The zero-order valence-electron chi connectivity index (χ0n) is 16.5. The summed E-state index contributed by atoms with van der Waals surface area (Å²) in [5, 5.41) is 14.6. The normalized spacial score (nSPS) is 11.1. The van der Waals surface area contributed by atoms with Crippen molar-refractivity contribution in [1.29, 1.82) is 0 Å². The Bertz CT molecular complexity index is 1370. The van der Waals surface area contributed by atoms with Gasteiger partial charge in [-0.15, -0.1) is 15.0 Å². The third kappa shape index (κ3) is 3.42. The van der Waals surface area contributed by atoms with Crippen LogP contribution < -0.4 is 5.32 Å². The topological polar surface area (TPSA) is 59.8 Å². The summed E-state index contributed by atoms with van der Waals surface area (Å²) in [6, 6.07) is 27.8. The maximum absolute atomic E-state index is 12.5. The summed E-state index contributed by atoms with van der Waals surface area (Å²) < 4.78 is 0. The Morgan fingerprint density at radius 2 is 1.57 bits per heavy atom. The highest BCUT2D eigenvalue weighted by molar-refractivity contribution is 5.95. The van der Waals surface area contributed by atoms with E-state index in [-0.39, 0.29) is 5.91 Å². The molecule has 5 heteroatoms. The largest absolute Gasteiger partial charge is 0.325 e. The fourth-order valence-electron chi connectivity index (χ4n) is 3.67. The van der Waals surface area contributed by atoms with E-state index in [0.29, 0.717) is 6.42 Å². The molecular formula is C25H20N4O. The lowest BCUT2D eigenvalue weighted by Gasteiger charge is -2.08. The number of anilines is 1. The minimum atomic E-state index is -0.0508. The Hall–Kier alpha value is -3.99. The van der Waals surface area contributed by atoms with E-state index in [4.69, 9.17) is 0 Å². The number of amides is 1. The van der Waals surface area contributed by atoms with Gasteiger partial charge >= 0.3 is 0 Å². The van der Waals surface area contributed by atoms with Crippen LogP contribution in [0.25, 0.3) is 27.5 Å². The first-order valence-electron chi connectivity index (χ1n) is 9.87. The van der Waals surface area contributed by atoms with Crippen LogP contribution in [0.15, 0.2) is 84.9 Å². The van der Waals surface area contributed by atoms with E-state index in [1.807, 2.05) is 73.7 Å². The Kier molecular flexibility index (Phi) is 4.48. The summed E-state index contributed by atoms with van der Waals surface area (Å²) in [4.78, 5) is 14.2. The smallest absolute Gasteiger partial charge is 0.228 e. The Balaban J connectivity index is 1.48. The van der Waals surface area contributed by atoms with Gasteiger partial charge in [0.15, 0.2) is 0 Å². The Morgan fingerprint density at radius 1 is 0.867 bits per heavy atom. The molecule has 1 aromatic heterocycles. The molecule has 1 heterocycles. The molecule has 5 aromatic rings. The number of fused-ring (bicyclic) bond motifs is 2. The molecule has 0 bridgehead atoms. The SMILES string of the molecule is Cc1cc2nn(-c3cccc4ccccc34)nc2cc1NC(=O)Cc1ccccc1. The molecule has 0 spiro atoms. The van der Waals surface area contributed by atoms with Gasteiger partial charge in [0.1, 0.15) is 11.0 Å². The number of nitrogens with one attached hydrogen (secondary N) is 1. The van der Waals surface area contributed by atoms with Crippen molar-refractivity contribution in [2.24, 2.45) is 0 Å². The number of aromatic nitrogens is 3. The van der Waals surface area contributed by atoms with Crippen LogP contribution in [-0.2, 0) is 11.2 Å². The van der Waals surface area contributed by atoms with Gasteiger partial charge in [0, 0.05) is 11.1 Å². The molecule has 30 heavy (non-hydrogen) atoms. The van der Waals surface area contributed by atoms with Crippen LogP contribution in [-0.4, -0.2) is 20.9 Å². The second-order valence-corrected chi connectivity index (χ2v) is 7.35. The second-order valence-electron chi connectivity index (χ2n) is 7.35. The molecule has 5 rings (SSSR count). The lowest BCUT2D eigenvalue weighted by atomic mass is 10.1. The van der Waals surface area contributed by atoms with Crippen LogP contribution in [0.3, 0.4) is 0 Å². The van der Waals surface area contributed by atoms with Gasteiger partial charge in [-0.2, -0.15) is 0 Å². The average molecular weight is 392 g/mol. The van der Waals surface area contributed by atoms with Gasteiger partial charge in [-0.05, 0) is 41.6 Å². The standard InChI is InChI=1S/C25H20N4O/c1-17-14-22-23(16-21(17)26-25(30)15-18-8-3-2-4-9-18)28-29(27-22)24-13-7-11-19-10-5-6-12-20(19)24/h2-14,16H,15H2,1H3,(H,26,30). The minimum absolute atomic E-state index is 0.0508. The average Bonchev–Trinajstić information content (AvgIpc) is 3.16. The highest BCUT2D eigenvalue weighted by Gasteiger charge is 2.12. The molecule has 0 atom stereocenters. The van der Waals surface area contributed by atoms with Gasteiger partial charge in [0.2, 0.25) is 5.91 Å². The van der Waals surface area contributed by atoms with E-state index in [1.54, 1.807) is 4.80 Å². The zero-order chi connectivity index (χ0) is 20.5. The van der Waals surface area contributed by atoms with Crippen molar-refractivity contribution >= 4 is 33.4 Å². The van der Waals surface area contributed by atoms with Crippen LogP contribution >= 0.6 is 0 Å². The molecule has 0 saturated carbocycles. The molecule has 0 saturated heterocycles.